The summed E-state index contributed by atoms with van der Waals surface area (Å²) >= 11 is 3.66. The number of Topliss-reactive ketones (excluding diaryl/α,β-unsaturated/α-hetero) is 1. The van der Waals surface area contributed by atoms with Crippen LogP contribution in [0.4, 0.5) is 5.69 Å². The molecule has 4 aromatic rings. The van der Waals surface area contributed by atoms with Gasteiger partial charge in [-0.15, -0.1) is 0 Å². The van der Waals surface area contributed by atoms with Gasteiger partial charge in [0.2, 0.25) is 0 Å². The topological polar surface area (TPSA) is 34.0 Å². The van der Waals surface area contributed by atoms with Crippen molar-refractivity contribution in [3.8, 4) is 0 Å². The molecule has 1 aliphatic carbocycles. The summed E-state index contributed by atoms with van der Waals surface area (Å²) in [6.07, 6.45) is 1.47. The molecule has 4 heteroatoms. The van der Waals surface area contributed by atoms with Gasteiger partial charge in [0.05, 0.1) is 0 Å². The number of carbonyl (C=O) groups excluding carboxylic acids is 1. The number of aryl methyl sites for hydroxylation is 1. The lowest BCUT2D eigenvalue weighted by Gasteiger charge is -2.39. The van der Waals surface area contributed by atoms with E-state index in [0.717, 1.165) is 40.0 Å². The van der Waals surface area contributed by atoms with Gasteiger partial charge in [0, 0.05) is 62.1 Å². The molecule has 2 aliphatic rings. The van der Waals surface area contributed by atoms with E-state index in [2.05, 4.69) is 101 Å². The van der Waals surface area contributed by atoms with E-state index >= 15 is 0 Å². The van der Waals surface area contributed by atoms with Crippen molar-refractivity contribution >= 4 is 49.2 Å². The Morgan fingerprint density at radius 3 is 2.61 bits per heavy atom. The Kier molecular flexibility index (Phi) is 4.60. The second-order valence-corrected chi connectivity index (χ2v) is 11.1. The third-order valence-electron chi connectivity index (χ3n) is 7.25. The minimum atomic E-state index is -0.0648. The number of aromatic nitrogens is 1. The van der Waals surface area contributed by atoms with Crippen LogP contribution in [0.2, 0.25) is 0 Å². The fourth-order valence-electron chi connectivity index (χ4n) is 5.93. The maximum Gasteiger partial charge on any atom is 0.162 e. The van der Waals surface area contributed by atoms with E-state index in [1.165, 1.54) is 27.4 Å². The van der Waals surface area contributed by atoms with Crippen LogP contribution < -0.4 is 5.32 Å². The standard InChI is InChI=1S/C29H27BrN2O/c1-4-32-24-11-6-5-10-19(24)20-13-22-21(14-25(20)32)27(17-8-7-9-18(30)12-17)28-23(31-22)15-29(2,3)16-26(28)33/h5-14,27,31H,4,15-16H2,1-3H3. The SMILES string of the molecule is CCn1c2ccccc2c2cc3c(cc21)C(c1cccc(Br)c1)C1=C(CC(C)(C)CC1=O)N3. The molecule has 1 atom stereocenters. The summed E-state index contributed by atoms with van der Waals surface area (Å²) < 4.78 is 3.42. The van der Waals surface area contributed by atoms with Gasteiger partial charge < -0.3 is 9.88 Å². The van der Waals surface area contributed by atoms with Crippen molar-refractivity contribution in [2.75, 3.05) is 5.32 Å². The Labute approximate surface area is 202 Å². The van der Waals surface area contributed by atoms with Gasteiger partial charge in [-0.25, -0.2) is 0 Å². The maximum atomic E-state index is 13.5. The number of allylic oxidation sites excluding steroid dienone is 2. The largest absolute Gasteiger partial charge is 0.358 e. The molecule has 2 heterocycles. The third kappa shape index (κ3) is 3.18. The number of nitrogens with one attached hydrogen (secondary N) is 1. The molecule has 1 aliphatic heterocycles. The van der Waals surface area contributed by atoms with Gasteiger partial charge in [0.25, 0.3) is 0 Å². The van der Waals surface area contributed by atoms with Crippen LogP contribution in [0, 0.1) is 5.41 Å². The maximum absolute atomic E-state index is 13.5. The minimum absolute atomic E-state index is 0.0371. The zero-order chi connectivity index (χ0) is 22.9. The van der Waals surface area contributed by atoms with Crippen LogP contribution in [-0.4, -0.2) is 10.4 Å². The summed E-state index contributed by atoms with van der Waals surface area (Å²) in [6, 6.07) is 21.7. The normalized spacial score (nSPS) is 19.5. The first-order valence-electron chi connectivity index (χ1n) is 11.7. The van der Waals surface area contributed by atoms with Gasteiger partial charge in [-0.05, 0) is 60.2 Å². The molecular formula is C29H27BrN2O. The van der Waals surface area contributed by atoms with E-state index < -0.39 is 0 Å². The Balaban J connectivity index is 1.67. The molecule has 0 saturated carbocycles. The van der Waals surface area contributed by atoms with E-state index in [-0.39, 0.29) is 17.1 Å². The summed E-state index contributed by atoms with van der Waals surface area (Å²) in [5.74, 6) is 0.200. The summed E-state index contributed by atoms with van der Waals surface area (Å²) in [6.45, 7) is 7.48. The third-order valence-corrected chi connectivity index (χ3v) is 7.74. The number of rotatable bonds is 2. The summed E-state index contributed by atoms with van der Waals surface area (Å²) in [5.41, 5.74) is 7.95. The molecule has 33 heavy (non-hydrogen) atoms. The zero-order valence-corrected chi connectivity index (χ0v) is 20.8. The van der Waals surface area contributed by atoms with Crippen molar-refractivity contribution in [2.24, 2.45) is 5.41 Å². The highest BCUT2D eigenvalue weighted by molar-refractivity contribution is 9.10. The Hall–Kier alpha value is -2.85. The number of hydrogen-bond acceptors (Lipinski definition) is 2. The van der Waals surface area contributed by atoms with Crippen LogP contribution in [0.15, 0.2) is 76.4 Å². The van der Waals surface area contributed by atoms with Crippen LogP contribution in [-0.2, 0) is 11.3 Å². The number of anilines is 1. The number of hydrogen-bond donors (Lipinski definition) is 1. The number of halogens is 1. The Morgan fingerprint density at radius 1 is 1.00 bits per heavy atom. The van der Waals surface area contributed by atoms with E-state index in [0.29, 0.717) is 6.42 Å². The molecule has 3 aromatic carbocycles. The van der Waals surface area contributed by atoms with Crippen molar-refractivity contribution in [1.82, 2.24) is 4.57 Å². The highest BCUT2D eigenvalue weighted by Gasteiger charge is 2.41. The molecule has 0 amide bonds. The lowest BCUT2D eigenvalue weighted by molar-refractivity contribution is -0.118. The highest BCUT2D eigenvalue weighted by Crippen LogP contribution is 2.50. The fraction of sp³-hybridized carbons (Fsp3) is 0.276. The molecule has 1 aromatic heterocycles. The van der Waals surface area contributed by atoms with Crippen LogP contribution >= 0.6 is 15.9 Å². The second-order valence-electron chi connectivity index (χ2n) is 10.2. The molecule has 0 radical (unpaired) electrons. The molecule has 1 unspecified atom stereocenters. The predicted molar refractivity (Wildman–Crippen MR) is 140 cm³/mol. The van der Waals surface area contributed by atoms with Crippen LogP contribution in [0.25, 0.3) is 21.8 Å². The van der Waals surface area contributed by atoms with Gasteiger partial charge in [-0.1, -0.05) is 60.1 Å². The predicted octanol–water partition coefficient (Wildman–Crippen LogP) is 7.78. The van der Waals surface area contributed by atoms with Crippen LogP contribution in [0.5, 0.6) is 0 Å². The molecule has 0 saturated heterocycles. The van der Waals surface area contributed by atoms with E-state index in [9.17, 15) is 4.79 Å². The summed E-state index contributed by atoms with van der Waals surface area (Å²) in [5, 5.41) is 6.26. The lowest BCUT2D eigenvalue weighted by Crippen LogP contribution is -2.33. The van der Waals surface area contributed by atoms with Crippen LogP contribution in [0.1, 0.15) is 50.7 Å². The van der Waals surface area contributed by atoms with Crippen molar-refractivity contribution in [2.45, 2.75) is 46.1 Å². The van der Waals surface area contributed by atoms with Crippen molar-refractivity contribution in [3.63, 3.8) is 0 Å². The molecule has 0 bridgehead atoms. The van der Waals surface area contributed by atoms with Gasteiger partial charge >= 0.3 is 0 Å². The molecular weight excluding hydrogens is 472 g/mol. The monoisotopic (exact) mass is 498 g/mol. The van der Waals surface area contributed by atoms with Gasteiger partial charge in [-0.2, -0.15) is 0 Å². The van der Waals surface area contributed by atoms with Gasteiger partial charge in [-0.3, -0.25) is 4.79 Å². The Bertz CT molecular complexity index is 1490. The molecule has 6 rings (SSSR count). The van der Waals surface area contributed by atoms with E-state index in [1.807, 2.05) is 6.07 Å². The molecule has 1 N–H and O–H groups in total. The number of nitrogens with zero attached hydrogens (tertiary/aromatic N) is 1. The van der Waals surface area contributed by atoms with Crippen molar-refractivity contribution < 1.29 is 4.79 Å². The van der Waals surface area contributed by atoms with Crippen LogP contribution in [0.3, 0.4) is 0 Å². The number of carbonyl (C=O) groups is 1. The van der Waals surface area contributed by atoms with Gasteiger partial charge in [0.1, 0.15) is 0 Å². The smallest absolute Gasteiger partial charge is 0.162 e. The lowest BCUT2D eigenvalue weighted by atomic mass is 9.68. The number of ketones is 1. The fourth-order valence-corrected chi connectivity index (χ4v) is 6.35. The second kappa shape index (κ2) is 7.33. The first-order chi connectivity index (χ1) is 15.9. The average molecular weight is 499 g/mol. The zero-order valence-electron chi connectivity index (χ0n) is 19.2. The number of para-hydroxylation sites is 1. The van der Waals surface area contributed by atoms with E-state index in [4.69, 9.17) is 0 Å². The highest BCUT2D eigenvalue weighted by atomic mass is 79.9. The quantitative estimate of drug-likeness (QED) is 0.306. The number of fused-ring (bicyclic) bond motifs is 4. The average Bonchev–Trinajstić information content (AvgIpc) is 3.08. The van der Waals surface area contributed by atoms with Crippen molar-refractivity contribution in [3.05, 3.63) is 87.5 Å². The summed E-state index contributed by atoms with van der Waals surface area (Å²) in [4.78, 5) is 13.5. The molecule has 3 nitrogen and oxygen atoms in total. The first kappa shape index (κ1) is 20.7. The number of benzene rings is 3. The van der Waals surface area contributed by atoms with E-state index in [1.54, 1.807) is 0 Å². The molecule has 0 spiro atoms. The molecule has 166 valence electrons. The minimum Gasteiger partial charge on any atom is -0.358 e. The Morgan fingerprint density at radius 2 is 1.82 bits per heavy atom. The molecule has 0 fully saturated rings. The van der Waals surface area contributed by atoms with Crippen molar-refractivity contribution in [1.29, 1.82) is 0 Å². The first-order valence-corrected chi connectivity index (χ1v) is 12.5. The van der Waals surface area contributed by atoms with Gasteiger partial charge in [0.15, 0.2) is 5.78 Å². The summed E-state index contributed by atoms with van der Waals surface area (Å²) in [7, 11) is 0.